The molecule has 0 aliphatic carbocycles. The maximum absolute atomic E-state index is 12.1. The quantitative estimate of drug-likeness (QED) is 0.471. The Morgan fingerprint density at radius 2 is 1.96 bits per heavy atom. The van der Waals surface area contributed by atoms with Crippen molar-refractivity contribution < 1.29 is 19.1 Å². The Morgan fingerprint density at radius 3 is 2.44 bits per heavy atom. The Kier molecular flexibility index (Phi) is 6.48. The van der Waals surface area contributed by atoms with E-state index in [9.17, 15) is 14.4 Å². The number of esters is 1. The van der Waals surface area contributed by atoms with Crippen molar-refractivity contribution in [3.8, 4) is 6.07 Å². The Hall–Kier alpha value is -2.66. The number of nitrogens with two attached hydrogens (primary N) is 1. The smallest absolute Gasteiger partial charge is 0.349 e. The topological polar surface area (TPSA) is 122 Å². The predicted molar refractivity (Wildman–Crippen MR) is 94.9 cm³/mol. The number of thiophene rings is 1. The average Bonchev–Trinajstić information content (AvgIpc) is 2.84. The van der Waals surface area contributed by atoms with Gasteiger partial charge in [0.25, 0.3) is 0 Å². The third-order valence-electron chi connectivity index (χ3n) is 3.14. The van der Waals surface area contributed by atoms with Crippen molar-refractivity contribution in [1.82, 2.24) is 0 Å². The third-order valence-corrected chi connectivity index (χ3v) is 4.27. The SMILES string of the molecule is C/C(N)=C(\C#N)C(=O)COC(=O)c1sc(NC(=O)C(C)(C)C)cc1C. The fraction of sp³-hybridized carbons (Fsp3) is 0.412. The van der Waals surface area contributed by atoms with E-state index in [1.165, 1.54) is 6.92 Å². The van der Waals surface area contributed by atoms with E-state index < -0.39 is 23.8 Å². The number of carbonyl (C=O) groups is 3. The van der Waals surface area contributed by atoms with E-state index in [1.807, 2.05) is 0 Å². The van der Waals surface area contributed by atoms with Crippen molar-refractivity contribution in [3.05, 3.63) is 27.8 Å². The first-order valence-corrected chi connectivity index (χ1v) is 8.27. The first kappa shape index (κ1) is 20.4. The van der Waals surface area contributed by atoms with Gasteiger partial charge in [0.15, 0.2) is 6.61 Å². The number of carbonyl (C=O) groups excluding carboxylic acids is 3. The number of amides is 1. The summed E-state index contributed by atoms with van der Waals surface area (Å²) in [5.74, 6) is -1.53. The van der Waals surface area contributed by atoms with Gasteiger partial charge in [-0.2, -0.15) is 5.26 Å². The van der Waals surface area contributed by atoms with E-state index in [-0.39, 0.29) is 22.1 Å². The van der Waals surface area contributed by atoms with Crippen LogP contribution in [-0.4, -0.2) is 24.3 Å². The highest BCUT2D eigenvalue weighted by molar-refractivity contribution is 7.18. The second-order valence-corrected chi connectivity index (χ2v) is 7.55. The Bertz CT molecular complexity index is 775. The summed E-state index contributed by atoms with van der Waals surface area (Å²) in [6.07, 6.45) is 0. The second-order valence-electron chi connectivity index (χ2n) is 6.50. The van der Waals surface area contributed by atoms with Crippen molar-refractivity contribution in [2.45, 2.75) is 34.6 Å². The molecular formula is C17H21N3O4S. The Labute approximate surface area is 150 Å². The third kappa shape index (κ3) is 5.43. The fourth-order valence-electron chi connectivity index (χ4n) is 1.69. The predicted octanol–water partition coefficient (Wildman–Crippen LogP) is 2.52. The first-order chi connectivity index (χ1) is 11.5. The standard InChI is InChI=1S/C17H21N3O4S/c1-9-6-13(20-16(23)17(3,4)5)25-14(9)15(22)24-8-12(21)11(7-18)10(2)19/h6H,8,19H2,1-5H3,(H,20,23)/b11-10-. The summed E-state index contributed by atoms with van der Waals surface area (Å²) in [6.45, 7) is 7.89. The molecule has 0 aromatic carbocycles. The summed E-state index contributed by atoms with van der Waals surface area (Å²) in [4.78, 5) is 36.2. The number of anilines is 1. The van der Waals surface area contributed by atoms with E-state index in [4.69, 9.17) is 15.7 Å². The van der Waals surface area contributed by atoms with Gasteiger partial charge in [-0.25, -0.2) is 4.79 Å². The molecule has 7 nitrogen and oxygen atoms in total. The van der Waals surface area contributed by atoms with Crippen LogP contribution in [0.5, 0.6) is 0 Å². The van der Waals surface area contributed by atoms with Gasteiger partial charge in [-0.3, -0.25) is 9.59 Å². The highest BCUT2D eigenvalue weighted by Crippen LogP contribution is 2.29. The van der Waals surface area contributed by atoms with E-state index in [1.54, 1.807) is 39.8 Å². The lowest BCUT2D eigenvalue weighted by Crippen LogP contribution is -2.27. The van der Waals surface area contributed by atoms with E-state index >= 15 is 0 Å². The molecule has 0 unspecified atom stereocenters. The van der Waals surface area contributed by atoms with Crippen molar-refractivity contribution in [2.24, 2.45) is 11.1 Å². The van der Waals surface area contributed by atoms with Gasteiger partial charge >= 0.3 is 5.97 Å². The number of allylic oxidation sites excluding steroid dienone is 1. The van der Waals surface area contributed by atoms with Crippen molar-refractivity contribution in [2.75, 3.05) is 11.9 Å². The van der Waals surface area contributed by atoms with Gasteiger partial charge in [-0.05, 0) is 25.5 Å². The number of ketones is 1. The zero-order valence-electron chi connectivity index (χ0n) is 14.9. The van der Waals surface area contributed by atoms with Gasteiger partial charge in [-0.1, -0.05) is 20.8 Å². The van der Waals surface area contributed by atoms with Gasteiger partial charge in [0, 0.05) is 11.1 Å². The van der Waals surface area contributed by atoms with Crippen LogP contribution in [0.25, 0.3) is 0 Å². The Morgan fingerprint density at radius 1 is 1.36 bits per heavy atom. The van der Waals surface area contributed by atoms with Gasteiger partial charge < -0.3 is 15.8 Å². The molecule has 1 heterocycles. The second kappa shape index (κ2) is 7.94. The minimum Gasteiger partial charge on any atom is -0.453 e. The number of nitrogens with one attached hydrogen (secondary N) is 1. The number of aryl methyl sites for hydroxylation is 1. The van der Waals surface area contributed by atoms with Crippen LogP contribution in [0.15, 0.2) is 17.3 Å². The van der Waals surface area contributed by atoms with Crippen LogP contribution < -0.4 is 11.1 Å². The maximum atomic E-state index is 12.1. The molecule has 0 aliphatic rings. The first-order valence-electron chi connectivity index (χ1n) is 7.46. The van der Waals surface area contributed by atoms with Crippen molar-refractivity contribution in [1.29, 1.82) is 5.26 Å². The molecular weight excluding hydrogens is 342 g/mol. The molecule has 25 heavy (non-hydrogen) atoms. The summed E-state index contributed by atoms with van der Waals surface area (Å²) < 4.78 is 4.96. The fourth-order valence-corrected chi connectivity index (χ4v) is 2.65. The van der Waals surface area contributed by atoms with Crippen LogP contribution in [0, 0.1) is 23.7 Å². The molecule has 134 valence electrons. The summed E-state index contributed by atoms with van der Waals surface area (Å²) in [5, 5.41) is 12.1. The normalized spacial score (nSPS) is 12.0. The zero-order chi connectivity index (χ0) is 19.4. The minimum atomic E-state index is -0.695. The highest BCUT2D eigenvalue weighted by Gasteiger charge is 2.24. The largest absolute Gasteiger partial charge is 0.453 e. The molecule has 8 heteroatoms. The maximum Gasteiger partial charge on any atom is 0.349 e. The summed E-state index contributed by atoms with van der Waals surface area (Å²) in [7, 11) is 0. The molecule has 1 rings (SSSR count). The van der Waals surface area contributed by atoms with E-state index in [0.29, 0.717) is 10.6 Å². The summed E-state index contributed by atoms with van der Waals surface area (Å²) >= 11 is 1.06. The van der Waals surface area contributed by atoms with E-state index in [2.05, 4.69) is 5.32 Å². The van der Waals surface area contributed by atoms with Gasteiger partial charge in [0.05, 0.1) is 5.00 Å². The van der Waals surface area contributed by atoms with Gasteiger partial charge in [0.2, 0.25) is 11.7 Å². The van der Waals surface area contributed by atoms with Crippen LogP contribution >= 0.6 is 11.3 Å². The average molecular weight is 363 g/mol. The van der Waals surface area contributed by atoms with Crippen LogP contribution in [0.4, 0.5) is 5.00 Å². The summed E-state index contributed by atoms with van der Waals surface area (Å²) in [5.41, 5.74) is 5.33. The van der Waals surface area contributed by atoms with Gasteiger partial charge in [-0.15, -0.1) is 11.3 Å². The molecule has 0 saturated carbocycles. The lowest BCUT2D eigenvalue weighted by Gasteiger charge is -2.16. The molecule has 0 atom stereocenters. The lowest BCUT2D eigenvalue weighted by atomic mass is 9.96. The Balaban J connectivity index is 2.81. The minimum absolute atomic E-state index is 0.0723. The molecule has 0 spiro atoms. The summed E-state index contributed by atoms with van der Waals surface area (Å²) in [6, 6.07) is 3.35. The van der Waals surface area contributed by atoms with E-state index in [0.717, 1.165) is 11.3 Å². The van der Waals surface area contributed by atoms with Crippen LogP contribution in [0.2, 0.25) is 0 Å². The zero-order valence-corrected chi connectivity index (χ0v) is 15.7. The monoisotopic (exact) mass is 363 g/mol. The van der Waals surface area contributed by atoms with Crippen molar-refractivity contribution in [3.63, 3.8) is 0 Å². The molecule has 0 radical (unpaired) electrons. The molecule has 0 fully saturated rings. The molecule has 0 aliphatic heterocycles. The van der Waals surface area contributed by atoms with Crippen LogP contribution in [0.3, 0.4) is 0 Å². The number of nitrogens with zero attached hydrogens (tertiary/aromatic N) is 1. The van der Waals surface area contributed by atoms with Crippen molar-refractivity contribution >= 4 is 34.0 Å². The van der Waals surface area contributed by atoms with Crippen LogP contribution in [-0.2, 0) is 14.3 Å². The number of Topliss-reactive ketones (excluding diaryl/α,β-unsaturated/α-hetero) is 1. The molecule has 0 saturated heterocycles. The molecule has 1 amide bonds. The lowest BCUT2D eigenvalue weighted by molar-refractivity contribution is -0.123. The number of ether oxygens (including phenoxy) is 1. The molecule has 1 aromatic heterocycles. The molecule has 1 aromatic rings. The molecule has 3 N–H and O–H groups in total. The number of rotatable bonds is 5. The van der Waals surface area contributed by atoms with Gasteiger partial charge in [0.1, 0.15) is 16.5 Å². The number of hydrogen-bond acceptors (Lipinski definition) is 7. The highest BCUT2D eigenvalue weighted by atomic mass is 32.1. The number of hydrogen-bond donors (Lipinski definition) is 2. The van der Waals surface area contributed by atoms with Crippen LogP contribution in [0.1, 0.15) is 42.9 Å². The number of nitriles is 1. The molecule has 0 bridgehead atoms.